The Morgan fingerprint density at radius 1 is 1.47 bits per heavy atom. The molecular weight excluding hydrogens is 282 g/mol. The quantitative estimate of drug-likeness (QED) is 0.820. The summed E-state index contributed by atoms with van der Waals surface area (Å²) in [5.41, 5.74) is 0.705. The summed E-state index contributed by atoms with van der Waals surface area (Å²) in [6.07, 6.45) is 0.357. The van der Waals surface area contributed by atoms with E-state index in [-0.39, 0.29) is 11.9 Å². The SMILES string of the molecule is CC(O)CCN(C)CC(=O)c1ccccc1Br. The Hall–Kier alpha value is -0.710. The topological polar surface area (TPSA) is 40.5 Å². The van der Waals surface area contributed by atoms with Crippen molar-refractivity contribution in [2.45, 2.75) is 19.4 Å². The molecule has 1 aromatic rings. The Morgan fingerprint density at radius 3 is 2.71 bits per heavy atom. The van der Waals surface area contributed by atoms with Crippen molar-refractivity contribution in [3.05, 3.63) is 34.3 Å². The zero-order valence-electron chi connectivity index (χ0n) is 10.2. The monoisotopic (exact) mass is 299 g/mol. The third-order valence-electron chi connectivity index (χ3n) is 2.52. The number of rotatable bonds is 6. The lowest BCUT2D eigenvalue weighted by Gasteiger charge is -2.16. The zero-order valence-corrected chi connectivity index (χ0v) is 11.8. The second kappa shape index (κ2) is 6.89. The lowest BCUT2D eigenvalue weighted by Crippen LogP contribution is -2.28. The molecule has 0 bridgehead atoms. The summed E-state index contributed by atoms with van der Waals surface area (Å²) in [4.78, 5) is 13.9. The molecule has 0 spiro atoms. The molecule has 0 heterocycles. The van der Waals surface area contributed by atoms with Gasteiger partial charge in [0.25, 0.3) is 0 Å². The van der Waals surface area contributed by atoms with Crippen LogP contribution in [0.5, 0.6) is 0 Å². The van der Waals surface area contributed by atoms with Crippen LogP contribution in [-0.4, -0.2) is 42.0 Å². The van der Waals surface area contributed by atoms with Gasteiger partial charge >= 0.3 is 0 Å². The summed E-state index contributed by atoms with van der Waals surface area (Å²) in [6, 6.07) is 7.42. The molecule has 1 aromatic carbocycles. The summed E-state index contributed by atoms with van der Waals surface area (Å²) >= 11 is 3.37. The van der Waals surface area contributed by atoms with Gasteiger partial charge in [0.15, 0.2) is 5.78 Å². The van der Waals surface area contributed by atoms with E-state index in [0.29, 0.717) is 25.1 Å². The van der Waals surface area contributed by atoms with Gasteiger partial charge in [0, 0.05) is 16.6 Å². The number of benzene rings is 1. The second-order valence-corrected chi connectivity index (χ2v) is 5.13. The molecule has 1 atom stereocenters. The number of halogens is 1. The van der Waals surface area contributed by atoms with Crippen molar-refractivity contribution in [2.75, 3.05) is 20.1 Å². The summed E-state index contributed by atoms with van der Waals surface area (Å²) in [7, 11) is 1.89. The molecule has 0 aromatic heterocycles. The highest BCUT2D eigenvalue weighted by Gasteiger charge is 2.12. The lowest BCUT2D eigenvalue weighted by atomic mass is 10.1. The molecule has 4 heteroatoms. The van der Waals surface area contributed by atoms with Crippen molar-refractivity contribution in [1.82, 2.24) is 4.90 Å². The standard InChI is InChI=1S/C13H18BrNO2/c1-10(16)7-8-15(2)9-13(17)11-5-3-4-6-12(11)14/h3-6,10,16H,7-9H2,1-2H3. The zero-order chi connectivity index (χ0) is 12.8. The van der Waals surface area contributed by atoms with Crippen molar-refractivity contribution in [3.63, 3.8) is 0 Å². The number of nitrogens with zero attached hydrogens (tertiary/aromatic N) is 1. The summed E-state index contributed by atoms with van der Waals surface area (Å²) in [6.45, 7) is 2.84. The van der Waals surface area contributed by atoms with E-state index in [1.165, 1.54) is 0 Å². The number of hydrogen-bond acceptors (Lipinski definition) is 3. The first kappa shape index (κ1) is 14.4. The third-order valence-corrected chi connectivity index (χ3v) is 3.21. The molecule has 0 aliphatic carbocycles. The number of hydrogen-bond donors (Lipinski definition) is 1. The largest absolute Gasteiger partial charge is 0.393 e. The van der Waals surface area contributed by atoms with Crippen molar-refractivity contribution in [1.29, 1.82) is 0 Å². The second-order valence-electron chi connectivity index (χ2n) is 4.28. The van der Waals surface area contributed by atoms with Crippen LogP contribution < -0.4 is 0 Å². The van der Waals surface area contributed by atoms with Gasteiger partial charge in [-0.25, -0.2) is 0 Å². The minimum absolute atomic E-state index is 0.0885. The highest BCUT2D eigenvalue weighted by molar-refractivity contribution is 9.10. The molecule has 0 fully saturated rings. The van der Waals surface area contributed by atoms with E-state index in [1.54, 1.807) is 6.92 Å². The van der Waals surface area contributed by atoms with Crippen LogP contribution in [0.25, 0.3) is 0 Å². The lowest BCUT2D eigenvalue weighted by molar-refractivity contribution is 0.0931. The maximum absolute atomic E-state index is 12.0. The molecule has 0 saturated carbocycles. The van der Waals surface area contributed by atoms with Crippen LogP contribution >= 0.6 is 15.9 Å². The molecule has 1 N–H and O–H groups in total. The minimum Gasteiger partial charge on any atom is -0.393 e. The fourth-order valence-corrected chi connectivity index (χ4v) is 2.01. The van der Waals surface area contributed by atoms with E-state index in [4.69, 9.17) is 0 Å². The van der Waals surface area contributed by atoms with Crippen LogP contribution in [0.1, 0.15) is 23.7 Å². The molecule has 0 saturated heterocycles. The smallest absolute Gasteiger partial charge is 0.177 e. The number of aliphatic hydroxyl groups is 1. The van der Waals surface area contributed by atoms with E-state index < -0.39 is 0 Å². The van der Waals surface area contributed by atoms with Crippen molar-refractivity contribution in [2.24, 2.45) is 0 Å². The predicted octanol–water partition coefficient (Wildman–Crippen LogP) is 2.33. The van der Waals surface area contributed by atoms with Gasteiger partial charge in [-0.1, -0.05) is 34.1 Å². The average molecular weight is 300 g/mol. The van der Waals surface area contributed by atoms with Gasteiger partial charge < -0.3 is 5.11 Å². The number of likely N-dealkylation sites (N-methyl/N-ethyl adjacent to an activating group) is 1. The molecule has 3 nitrogen and oxygen atoms in total. The maximum atomic E-state index is 12.0. The number of Topliss-reactive ketones (excluding diaryl/α,β-unsaturated/α-hetero) is 1. The average Bonchev–Trinajstić information content (AvgIpc) is 2.26. The number of carbonyl (C=O) groups is 1. The Labute approximate surface area is 111 Å². The van der Waals surface area contributed by atoms with Crippen molar-refractivity contribution >= 4 is 21.7 Å². The third kappa shape index (κ3) is 4.98. The van der Waals surface area contributed by atoms with Crippen LogP contribution in [0.2, 0.25) is 0 Å². The fourth-order valence-electron chi connectivity index (χ4n) is 1.50. The van der Waals surface area contributed by atoms with Gasteiger partial charge in [-0.05, 0) is 26.5 Å². The fraction of sp³-hybridized carbons (Fsp3) is 0.462. The predicted molar refractivity (Wildman–Crippen MR) is 72.3 cm³/mol. The Bertz CT molecular complexity index is 379. The van der Waals surface area contributed by atoms with E-state index in [1.807, 2.05) is 36.2 Å². The number of aliphatic hydroxyl groups excluding tert-OH is 1. The van der Waals surface area contributed by atoms with Gasteiger partial charge in [0.1, 0.15) is 0 Å². The first-order valence-corrected chi connectivity index (χ1v) is 6.44. The first-order chi connectivity index (χ1) is 8.00. The van der Waals surface area contributed by atoms with E-state index in [0.717, 1.165) is 4.47 Å². The van der Waals surface area contributed by atoms with Gasteiger partial charge in [0.2, 0.25) is 0 Å². The minimum atomic E-state index is -0.323. The van der Waals surface area contributed by atoms with Crippen molar-refractivity contribution < 1.29 is 9.90 Å². The van der Waals surface area contributed by atoms with Gasteiger partial charge in [0.05, 0.1) is 12.6 Å². The molecule has 1 unspecified atom stereocenters. The van der Waals surface area contributed by atoms with Crippen LogP contribution in [-0.2, 0) is 0 Å². The Balaban J connectivity index is 2.52. The number of ketones is 1. The van der Waals surface area contributed by atoms with Crippen LogP contribution in [0.15, 0.2) is 28.7 Å². The molecule has 0 aliphatic heterocycles. The van der Waals surface area contributed by atoms with Gasteiger partial charge in [-0.15, -0.1) is 0 Å². The van der Waals surface area contributed by atoms with Crippen LogP contribution in [0.3, 0.4) is 0 Å². The molecule has 1 rings (SSSR count). The Morgan fingerprint density at radius 2 is 2.12 bits per heavy atom. The first-order valence-electron chi connectivity index (χ1n) is 5.65. The van der Waals surface area contributed by atoms with Crippen LogP contribution in [0.4, 0.5) is 0 Å². The summed E-state index contributed by atoms with van der Waals surface area (Å²) in [5, 5.41) is 9.18. The maximum Gasteiger partial charge on any atom is 0.177 e. The van der Waals surface area contributed by atoms with Crippen molar-refractivity contribution in [3.8, 4) is 0 Å². The molecule has 0 aliphatic rings. The molecule has 17 heavy (non-hydrogen) atoms. The Kier molecular flexibility index (Phi) is 5.82. The van der Waals surface area contributed by atoms with Gasteiger partial charge in [-0.3, -0.25) is 9.69 Å². The summed E-state index contributed by atoms with van der Waals surface area (Å²) in [5.74, 6) is 0.0885. The molecule has 0 radical (unpaired) electrons. The van der Waals surface area contributed by atoms with Crippen LogP contribution in [0, 0.1) is 0 Å². The van der Waals surface area contributed by atoms with E-state index >= 15 is 0 Å². The molecule has 94 valence electrons. The van der Waals surface area contributed by atoms with E-state index in [2.05, 4.69) is 15.9 Å². The highest BCUT2D eigenvalue weighted by atomic mass is 79.9. The summed E-state index contributed by atoms with van der Waals surface area (Å²) < 4.78 is 0.828. The highest BCUT2D eigenvalue weighted by Crippen LogP contribution is 2.16. The van der Waals surface area contributed by atoms with E-state index in [9.17, 15) is 9.90 Å². The van der Waals surface area contributed by atoms with Gasteiger partial charge in [-0.2, -0.15) is 0 Å². The molecular formula is C13H18BrNO2. The molecule has 0 amide bonds. The number of carbonyl (C=O) groups excluding carboxylic acids is 1. The normalized spacial score (nSPS) is 12.8.